The number of carbonyl (C=O) groups is 1. The van der Waals surface area contributed by atoms with Crippen LogP contribution in [-0.2, 0) is 11.0 Å². The number of piperazine rings is 1. The van der Waals surface area contributed by atoms with Crippen molar-refractivity contribution in [2.45, 2.75) is 25.6 Å². The zero-order valence-electron chi connectivity index (χ0n) is 15.0. The highest BCUT2D eigenvalue weighted by Gasteiger charge is 2.31. The fraction of sp³-hybridized carbons (Fsp3) is 0.588. The summed E-state index contributed by atoms with van der Waals surface area (Å²) >= 11 is 0. The molecule has 1 aromatic heterocycles. The van der Waals surface area contributed by atoms with E-state index in [0.717, 1.165) is 12.3 Å². The fourth-order valence-corrected chi connectivity index (χ4v) is 2.56. The van der Waals surface area contributed by atoms with Gasteiger partial charge in [-0.1, -0.05) is 0 Å². The van der Waals surface area contributed by atoms with Gasteiger partial charge in [-0.05, 0) is 26.0 Å². The molecule has 1 aliphatic heterocycles. The number of hydrogen-bond donors (Lipinski definition) is 0. The first-order valence-electron chi connectivity index (χ1n) is 8.23. The van der Waals surface area contributed by atoms with Gasteiger partial charge < -0.3 is 9.80 Å². The van der Waals surface area contributed by atoms with Crippen LogP contribution in [0.25, 0.3) is 0 Å². The van der Waals surface area contributed by atoms with Gasteiger partial charge in [0.05, 0.1) is 18.2 Å². The molecule has 0 atom stereocenters. The molecule has 0 spiro atoms. The average molecular weight is 369 g/mol. The van der Waals surface area contributed by atoms with Crippen molar-refractivity contribution >= 4 is 11.7 Å². The van der Waals surface area contributed by atoms with Crippen LogP contribution in [-0.4, -0.2) is 66.0 Å². The lowest BCUT2D eigenvalue weighted by Crippen LogP contribution is -2.52. The zero-order valence-corrected chi connectivity index (χ0v) is 15.0. The number of likely N-dealkylation sites (N-methyl/N-ethyl adjacent to an activating group) is 1. The number of nitrogens with zero attached hydrogens (tertiary/aromatic N) is 5. The summed E-state index contributed by atoms with van der Waals surface area (Å²) in [6.45, 7) is 5.88. The SMILES string of the molecule is CN(C(=O)CN1CCN(c2ccc(C(F)(F)F)cn2)CC1)C(C)(C)C#N. The van der Waals surface area contributed by atoms with E-state index in [-0.39, 0.29) is 12.5 Å². The van der Waals surface area contributed by atoms with Gasteiger partial charge in [0.2, 0.25) is 5.91 Å². The monoisotopic (exact) mass is 369 g/mol. The van der Waals surface area contributed by atoms with Crippen molar-refractivity contribution < 1.29 is 18.0 Å². The highest BCUT2D eigenvalue weighted by atomic mass is 19.4. The van der Waals surface area contributed by atoms with Crippen molar-refractivity contribution in [1.29, 1.82) is 5.26 Å². The van der Waals surface area contributed by atoms with Gasteiger partial charge in [0.15, 0.2) is 0 Å². The molecule has 142 valence electrons. The lowest BCUT2D eigenvalue weighted by molar-refractivity contribution is -0.138. The second-order valence-electron chi connectivity index (χ2n) is 6.79. The van der Waals surface area contributed by atoms with Gasteiger partial charge >= 0.3 is 6.18 Å². The molecule has 0 N–H and O–H groups in total. The van der Waals surface area contributed by atoms with E-state index in [0.29, 0.717) is 32.0 Å². The van der Waals surface area contributed by atoms with E-state index in [1.165, 1.54) is 11.0 Å². The lowest BCUT2D eigenvalue weighted by Gasteiger charge is -2.37. The maximum Gasteiger partial charge on any atom is 0.417 e. The summed E-state index contributed by atoms with van der Waals surface area (Å²) in [6, 6.07) is 4.49. The molecular weight excluding hydrogens is 347 g/mol. The van der Waals surface area contributed by atoms with Crippen molar-refractivity contribution in [2.75, 3.05) is 44.7 Å². The average Bonchev–Trinajstić information content (AvgIpc) is 2.61. The van der Waals surface area contributed by atoms with Crippen LogP contribution in [0.2, 0.25) is 0 Å². The molecular formula is C17H22F3N5O. The predicted octanol–water partition coefficient (Wildman–Crippen LogP) is 1.98. The van der Waals surface area contributed by atoms with Crippen molar-refractivity contribution in [2.24, 2.45) is 0 Å². The van der Waals surface area contributed by atoms with Crippen LogP contribution < -0.4 is 4.90 Å². The number of aromatic nitrogens is 1. The minimum absolute atomic E-state index is 0.141. The molecule has 0 saturated carbocycles. The molecule has 6 nitrogen and oxygen atoms in total. The first-order valence-corrected chi connectivity index (χ1v) is 8.23. The molecule has 1 aliphatic rings. The second kappa shape index (κ2) is 7.50. The summed E-state index contributed by atoms with van der Waals surface area (Å²) in [6.07, 6.45) is -3.56. The van der Waals surface area contributed by atoms with Gasteiger partial charge in [0.25, 0.3) is 0 Å². The van der Waals surface area contributed by atoms with E-state index < -0.39 is 17.3 Å². The molecule has 0 aromatic carbocycles. The van der Waals surface area contributed by atoms with Crippen LogP contribution in [0.4, 0.5) is 19.0 Å². The Balaban J connectivity index is 1.89. The molecule has 0 aliphatic carbocycles. The summed E-state index contributed by atoms with van der Waals surface area (Å²) in [5.41, 5.74) is -1.64. The summed E-state index contributed by atoms with van der Waals surface area (Å²) in [5.74, 6) is 0.351. The second-order valence-corrected chi connectivity index (χ2v) is 6.79. The molecule has 0 unspecified atom stereocenters. The summed E-state index contributed by atoms with van der Waals surface area (Å²) < 4.78 is 37.8. The van der Waals surface area contributed by atoms with E-state index in [9.17, 15) is 18.0 Å². The first-order chi connectivity index (χ1) is 12.0. The maximum absolute atomic E-state index is 12.6. The van der Waals surface area contributed by atoms with Gasteiger partial charge in [-0.3, -0.25) is 9.69 Å². The quantitative estimate of drug-likeness (QED) is 0.812. The molecule has 2 heterocycles. The van der Waals surface area contributed by atoms with Gasteiger partial charge in [-0.15, -0.1) is 0 Å². The van der Waals surface area contributed by atoms with E-state index in [4.69, 9.17) is 5.26 Å². The molecule has 1 aromatic rings. The third-order valence-corrected chi connectivity index (χ3v) is 4.62. The van der Waals surface area contributed by atoms with Crippen molar-refractivity contribution in [3.63, 3.8) is 0 Å². The third kappa shape index (κ3) is 4.64. The van der Waals surface area contributed by atoms with Crippen LogP contribution in [0, 0.1) is 11.3 Å². The van der Waals surface area contributed by atoms with Crippen molar-refractivity contribution in [1.82, 2.24) is 14.8 Å². The highest BCUT2D eigenvalue weighted by Crippen LogP contribution is 2.29. The highest BCUT2D eigenvalue weighted by molar-refractivity contribution is 5.79. The van der Waals surface area contributed by atoms with Crippen LogP contribution in [0.15, 0.2) is 18.3 Å². The maximum atomic E-state index is 12.6. The number of alkyl halides is 3. The topological polar surface area (TPSA) is 63.5 Å². The number of pyridine rings is 1. The number of anilines is 1. The summed E-state index contributed by atoms with van der Waals surface area (Å²) in [5, 5.41) is 9.11. The minimum Gasteiger partial charge on any atom is -0.354 e. The van der Waals surface area contributed by atoms with Crippen LogP contribution in [0.3, 0.4) is 0 Å². The predicted molar refractivity (Wildman–Crippen MR) is 90.4 cm³/mol. The number of amides is 1. The van der Waals surface area contributed by atoms with Crippen LogP contribution >= 0.6 is 0 Å². The number of hydrogen-bond acceptors (Lipinski definition) is 5. The van der Waals surface area contributed by atoms with E-state index >= 15 is 0 Å². The molecule has 2 rings (SSSR count). The Hall–Kier alpha value is -2.34. The smallest absolute Gasteiger partial charge is 0.354 e. The largest absolute Gasteiger partial charge is 0.417 e. The Kier molecular flexibility index (Phi) is 5.76. The Bertz CT molecular complexity index is 673. The molecule has 0 radical (unpaired) electrons. The van der Waals surface area contributed by atoms with Crippen LogP contribution in [0.5, 0.6) is 0 Å². The van der Waals surface area contributed by atoms with Gasteiger partial charge in [0, 0.05) is 39.4 Å². The van der Waals surface area contributed by atoms with Crippen molar-refractivity contribution in [3.05, 3.63) is 23.9 Å². The van der Waals surface area contributed by atoms with Crippen LogP contribution in [0.1, 0.15) is 19.4 Å². The van der Waals surface area contributed by atoms with E-state index in [1.54, 1.807) is 20.9 Å². The van der Waals surface area contributed by atoms with Gasteiger partial charge in [-0.25, -0.2) is 4.98 Å². The number of halogens is 3. The molecule has 1 fully saturated rings. The summed E-state index contributed by atoms with van der Waals surface area (Å²) in [4.78, 5) is 21.5. The Morgan fingerprint density at radius 3 is 2.35 bits per heavy atom. The molecule has 0 bridgehead atoms. The van der Waals surface area contributed by atoms with E-state index in [1.807, 2.05) is 9.80 Å². The molecule has 1 amide bonds. The number of carbonyl (C=O) groups excluding carboxylic acids is 1. The van der Waals surface area contributed by atoms with Gasteiger partial charge in [-0.2, -0.15) is 18.4 Å². The normalized spacial score (nSPS) is 16.3. The Morgan fingerprint density at radius 1 is 1.27 bits per heavy atom. The zero-order chi connectivity index (χ0) is 19.5. The Labute approximate surface area is 150 Å². The standard InChI is InChI=1S/C17H22F3N5O/c1-16(2,12-21)23(3)15(26)11-24-6-8-25(9-7-24)14-5-4-13(10-22-14)17(18,19)20/h4-5,10H,6-9,11H2,1-3H3. The fourth-order valence-electron chi connectivity index (χ4n) is 2.56. The lowest BCUT2D eigenvalue weighted by atomic mass is 10.1. The van der Waals surface area contributed by atoms with E-state index in [2.05, 4.69) is 11.1 Å². The van der Waals surface area contributed by atoms with Crippen molar-refractivity contribution in [3.8, 4) is 6.07 Å². The molecule has 1 saturated heterocycles. The molecule has 26 heavy (non-hydrogen) atoms. The van der Waals surface area contributed by atoms with Gasteiger partial charge in [0.1, 0.15) is 11.4 Å². The summed E-state index contributed by atoms with van der Waals surface area (Å²) in [7, 11) is 1.61. The third-order valence-electron chi connectivity index (χ3n) is 4.62. The number of rotatable bonds is 4. The minimum atomic E-state index is -4.40. The molecule has 9 heteroatoms. The first kappa shape index (κ1) is 20.0. The number of nitriles is 1. The Morgan fingerprint density at radius 2 is 1.88 bits per heavy atom.